The zero-order valence-corrected chi connectivity index (χ0v) is 8.45. The van der Waals surface area contributed by atoms with Gasteiger partial charge < -0.3 is 10.4 Å². The van der Waals surface area contributed by atoms with E-state index in [0.717, 1.165) is 5.56 Å². The first-order chi connectivity index (χ1) is 6.63. The molecule has 0 aliphatic rings. The SMILES string of the molecule is CCC(O)C(=O)Nc1ccc(C)cc1. The van der Waals surface area contributed by atoms with Crippen LogP contribution in [0.2, 0.25) is 0 Å². The first kappa shape index (κ1) is 10.7. The quantitative estimate of drug-likeness (QED) is 0.767. The fourth-order valence-corrected chi connectivity index (χ4v) is 1.05. The van der Waals surface area contributed by atoms with Crippen molar-refractivity contribution in [2.75, 3.05) is 5.32 Å². The van der Waals surface area contributed by atoms with E-state index in [1.165, 1.54) is 0 Å². The third-order valence-corrected chi connectivity index (χ3v) is 2.01. The Hall–Kier alpha value is -1.35. The van der Waals surface area contributed by atoms with Gasteiger partial charge in [-0.3, -0.25) is 4.79 Å². The van der Waals surface area contributed by atoms with Crippen molar-refractivity contribution < 1.29 is 9.90 Å². The zero-order valence-electron chi connectivity index (χ0n) is 8.45. The predicted octanol–water partition coefficient (Wildman–Crippen LogP) is 1.70. The van der Waals surface area contributed by atoms with Crippen LogP contribution in [0.3, 0.4) is 0 Å². The molecule has 0 saturated heterocycles. The van der Waals surface area contributed by atoms with Crippen LogP contribution in [0.4, 0.5) is 5.69 Å². The number of nitrogens with one attached hydrogen (secondary N) is 1. The van der Waals surface area contributed by atoms with Crippen LogP contribution in [0.5, 0.6) is 0 Å². The fraction of sp³-hybridized carbons (Fsp3) is 0.364. The van der Waals surface area contributed by atoms with Gasteiger partial charge in [0.15, 0.2) is 0 Å². The van der Waals surface area contributed by atoms with E-state index in [9.17, 15) is 9.90 Å². The molecule has 3 heteroatoms. The van der Waals surface area contributed by atoms with E-state index in [4.69, 9.17) is 0 Å². The number of amides is 1. The van der Waals surface area contributed by atoms with Crippen LogP contribution in [-0.2, 0) is 4.79 Å². The minimum Gasteiger partial charge on any atom is -0.383 e. The zero-order chi connectivity index (χ0) is 10.6. The van der Waals surface area contributed by atoms with Crippen molar-refractivity contribution in [2.45, 2.75) is 26.4 Å². The van der Waals surface area contributed by atoms with E-state index in [2.05, 4.69) is 5.32 Å². The lowest BCUT2D eigenvalue weighted by molar-refractivity contribution is -0.124. The Morgan fingerprint density at radius 3 is 2.50 bits per heavy atom. The van der Waals surface area contributed by atoms with Gasteiger partial charge in [0, 0.05) is 5.69 Å². The minimum atomic E-state index is -0.920. The summed E-state index contributed by atoms with van der Waals surface area (Å²) in [5.41, 5.74) is 1.85. The molecular formula is C11H15NO2. The third kappa shape index (κ3) is 2.85. The fourth-order valence-electron chi connectivity index (χ4n) is 1.05. The van der Waals surface area contributed by atoms with Crippen molar-refractivity contribution >= 4 is 11.6 Å². The highest BCUT2D eigenvalue weighted by molar-refractivity contribution is 5.93. The van der Waals surface area contributed by atoms with Gasteiger partial charge in [-0.15, -0.1) is 0 Å². The van der Waals surface area contributed by atoms with E-state index in [-0.39, 0.29) is 5.91 Å². The number of rotatable bonds is 3. The summed E-state index contributed by atoms with van der Waals surface area (Å²) < 4.78 is 0. The van der Waals surface area contributed by atoms with Crippen molar-refractivity contribution in [1.82, 2.24) is 0 Å². The van der Waals surface area contributed by atoms with Crippen LogP contribution in [0, 0.1) is 6.92 Å². The van der Waals surface area contributed by atoms with Gasteiger partial charge in [-0.25, -0.2) is 0 Å². The van der Waals surface area contributed by atoms with Crippen LogP contribution in [0.15, 0.2) is 24.3 Å². The van der Waals surface area contributed by atoms with Gasteiger partial charge in [-0.2, -0.15) is 0 Å². The second kappa shape index (κ2) is 4.77. The highest BCUT2D eigenvalue weighted by Gasteiger charge is 2.11. The molecule has 0 aliphatic heterocycles. The topological polar surface area (TPSA) is 49.3 Å². The Morgan fingerprint density at radius 1 is 1.43 bits per heavy atom. The van der Waals surface area contributed by atoms with Crippen molar-refractivity contribution in [3.63, 3.8) is 0 Å². The van der Waals surface area contributed by atoms with Crippen LogP contribution in [0.25, 0.3) is 0 Å². The average molecular weight is 193 g/mol. The standard InChI is InChI=1S/C11H15NO2/c1-3-10(13)11(14)12-9-6-4-8(2)5-7-9/h4-7,10,13H,3H2,1-2H3,(H,12,14). The number of hydrogen-bond donors (Lipinski definition) is 2. The van der Waals surface area contributed by atoms with Gasteiger partial charge in [0.1, 0.15) is 6.10 Å². The summed E-state index contributed by atoms with van der Waals surface area (Å²) in [6.45, 7) is 3.74. The maximum Gasteiger partial charge on any atom is 0.253 e. The largest absolute Gasteiger partial charge is 0.383 e. The number of carbonyl (C=O) groups is 1. The molecule has 76 valence electrons. The molecule has 1 atom stereocenters. The summed E-state index contributed by atoms with van der Waals surface area (Å²) in [6, 6.07) is 7.45. The van der Waals surface area contributed by atoms with Crippen LogP contribution in [-0.4, -0.2) is 17.1 Å². The number of aliphatic hydroxyl groups excluding tert-OH is 1. The van der Waals surface area contributed by atoms with Crippen molar-refractivity contribution in [1.29, 1.82) is 0 Å². The molecule has 0 spiro atoms. The molecule has 0 radical (unpaired) electrons. The van der Waals surface area contributed by atoms with Gasteiger partial charge in [0.2, 0.25) is 0 Å². The van der Waals surface area contributed by atoms with E-state index in [1.807, 2.05) is 31.2 Å². The maximum absolute atomic E-state index is 11.3. The number of aliphatic hydroxyl groups is 1. The average Bonchev–Trinajstić information content (AvgIpc) is 2.20. The minimum absolute atomic E-state index is 0.351. The van der Waals surface area contributed by atoms with Gasteiger partial charge in [0.05, 0.1) is 0 Å². The Labute approximate surface area is 83.8 Å². The highest BCUT2D eigenvalue weighted by Crippen LogP contribution is 2.09. The Balaban J connectivity index is 2.60. The number of benzene rings is 1. The molecular weight excluding hydrogens is 178 g/mol. The Bertz CT molecular complexity index is 306. The second-order valence-corrected chi connectivity index (χ2v) is 3.28. The molecule has 2 N–H and O–H groups in total. The number of hydrogen-bond acceptors (Lipinski definition) is 2. The van der Waals surface area contributed by atoms with Crippen molar-refractivity contribution in [2.24, 2.45) is 0 Å². The van der Waals surface area contributed by atoms with Gasteiger partial charge >= 0.3 is 0 Å². The summed E-state index contributed by atoms with van der Waals surface area (Å²) in [5.74, 6) is -0.351. The Kier molecular flexibility index (Phi) is 3.65. The van der Waals surface area contributed by atoms with E-state index >= 15 is 0 Å². The lowest BCUT2D eigenvalue weighted by Crippen LogP contribution is -2.26. The number of anilines is 1. The first-order valence-corrected chi connectivity index (χ1v) is 4.69. The number of aryl methyl sites for hydroxylation is 1. The molecule has 0 aliphatic carbocycles. The molecule has 14 heavy (non-hydrogen) atoms. The molecule has 0 heterocycles. The van der Waals surface area contributed by atoms with E-state index in [0.29, 0.717) is 12.1 Å². The lowest BCUT2D eigenvalue weighted by Gasteiger charge is -2.08. The monoisotopic (exact) mass is 193 g/mol. The molecule has 0 bridgehead atoms. The summed E-state index contributed by atoms with van der Waals surface area (Å²) in [4.78, 5) is 11.3. The molecule has 1 unspecified atom stereocenters. The Morgan fingerprint density at radius 2 is 2.00 bits per heavy atom. The molecule has 0 saturated carbocycles. The van der Waals surface area contributed by atoms with Crippen molar-refractivity contribution in [3.05, 3.63) is 29.8 Å². The lowest BCUT2D eigenvalue weighted by atomic mass is 10.2. The molecule has 1 aromatic rings. The molecule has 1 rings (SSSR count). The summed E-state index contributed by atoms with van der Waals surface area (Å²) >= 11 is 0. The maximum atomic E-state index is 11.3. The summed E-state index contributed by atoms with van der Waals surface area (Å²) in [5, 5.41) is 11.9. The van der Waals surface area contributed by atoms with Gasteiger partial charge in [0.25, 0.3) is 5.91 Å². The smallest absolute Gasteiger partial charge is 0.253 e. The number of carbonyl (C=O) groups excluding carboxylic acids is 1. The molecule has 1 aromatic carbocycles. The molecule has 0 aromatic heterocycles. The van der Waals surface area contributed by atoms with Crippen LogP contribution >= 0.6 is 0 Å². The third-order valence-electron chi connectivity index (χ3n) is 2.01. The molecule has 3 nitrogen and oxygen atoms in total. The van der Waals surface area contributed by atoms with E-state index < -0.39 is 6.10 Å². The highest BCUT2D eigenvalue weighted by atomic mass is 16.3. The normalized spacial score (nSPS) is 12.2. The predicted molar refractivity (Wildman–Crippen MR) is 56.1 cm³/mol. The second-order valence-electron chi connectivity index (χ2n) is 3.28. The van der Waals surface area contributed by atoms with Crippen molar-refractivity contribution in [3.8, 4) is 0 Å². The molecule has 0 fully saturated rings. The summed E-state index contributed by atoms with van der Waals surface area (Å²) in [7, 11) is 0. The van der Waals surface area contributed by atoms with E-state index in [1.54, 1.807) is 6.92 Å². The van der Waals surface area contributed by atoms with Gasteiger partial charge in [-0.05, 0) is 25.5 Å². The first-order valence-electron chi connectivity index (χ1n) is 4.69. The van der Waals surface area contributed by atoms with Crippen LogP contribution < -0.4 is 5.32 Å². The van der Waals surface area contributed by atoms with Crippen LogP contribution in [0.1, 0.15) is 18.9 Å². The summed E-state index contributed by atoms with van der Waals surface area (Å²) in [6.07, 6.45) is -0.492. The van der Waals surface area contributed by atoms with Gasteiger partial charge in [-0.1, -0.05) is 24.6 Å². The molecule has 1 amide bonds.